The largest absolute Gasteiger partial charge is 0.356 e. The fourth-order valence-corrected chi connectivity index (χ4v) is 4.57. The Morgan fingerprint density at radius 1 is 1.10 bits per heavy atom. The maximum absolute atomic E-state index is 13.1. The third kappa shape index (κ3) is 4.95. The van der Waals surface area contributed by atoms with Gasteiger partial charge >= 0.3 is 0 Å². The number of halogens is 1. The highest BCUT2D eigenvalue weighted by Gasteiger charge is 2.27. The highest BCUT2D eigenvalue weighted by atomic mass is 79.9. The minimum absolute atomic E-state index is 0.238. The molecule has 0 fully saturated rings. The summed E-state index contributed by atoms with van der Waals surface area (Å²) in [4.78, 5) is 4.49. The van der Waals surface area contributed by atoms with E-state index in [-0.39, 0.29) is 6.04 Å². The number of nitrogens with zero attached hydrogens (tertiary/aromatic N) is 2. The lowest BCUT2D eigenvalue weighted by Crippen LogP contribution is -2.36. The predicted octanol–water partition coefficient (Wildman–Crippen LogP) is 5.99. The molecule has 0 saturated heterocycles. The van der Waals surface area contributed by atoms with Gasteiger partial charge in [0, 0.05) is 33.7 Å². The van der Waals surface area contributed by atoms with Crippen LogP contribution in [0.25, 0.3) is 22.2 Å². The van der Waals surface area contributed by atoms with E-state index in [0.29, 0.717) is 6.42 Å². The Balaban J connectivity index is 1.84. The first-order chi connectivity index (χ1) is 14.8. The van der Waals surface area contributed by atoms with Crippen molar-refractivity contribution in [2.24, 2.45) is 0 Å². The van der Waals surface area contributed by atoms with Crippen LogP contribution in [0.3, 0.4) is 0 Å². The van der Waals surface area contributed by atoms with E-state index in [9.17, 15) is 4.21 Å². The molecule has 0 bridgehead atoms. The number of fused-ring (bicyclic) bond motifs is 1. The summed E-state index contributed by atoms with van der Waals surface area (Å²) >= 11 is 3.61. The molecule has 1 N–H and O–H groups in total. The van der Waals surface area contributed by atoms with Gasteiger partial charge in [-0.15, -0.1) is 0 Å². The van der Waals surface area contributed by atoms with Crippen LogP contribution in [0.5, 0.6) is 0 Å². The summed E-state index contributed by atoms with van der Waals surface area (Å²) in [5, 5.41) is 5.31. The standard InChI is InChI=1S/C24H24BrN3O2S/c1-24(2,3)31(29)28-21(15-17-8-6-7-13-26-17)20-14-16(25)11-12-18(20)23-19-9-4-5-10-22(19)30-27-23/h4-14,21,28H,15H2,1-3H3/t21-,31-/m0/s1. The van der Waals surface area contributed by atoms with E-state index in [1.54, 1.807) is 6.20 Å². The fraction of sp³-hybridized carbons (Fsp3) is 0.250. The lowest BCUT2D eigenvalue weighted by Gasteiger charge is -2.26. The summed E-state index contributed by atoms with van der Waals surface area (Å²) in [5.41, 5.74) is 4.34. The molecular weight excluding hydrogens is 474 g/mol. The Morgan fingerprint density at radius 2 is 1.87 bits per heavy atom. The van der Waals surface area contributed by atoms with Crippen molar-refractivity contribution in [1.82, 2.24) is 14.9 Å². The molecule has 31 heavy (non-hydrogen) atoms. The van der Waals surface area contributed by atoms with Gasteiger partial charge in [0.05, 0.1) is 21.8 Å². The Labute approximate surface area is 193 Å². The average molecular weight is 498 g/mol. The lowest BCUT2D eigenvalue weighted by atomic mass is 9.94. The van der Waals surface area contributed by atoms with Crippen LogP contribution in [0.1, 0.15) is 38.1 Å². The van der Waals surface area contributed by atoms with Crippen molar-refractivity contribution in [3.63, 3.8) is 0 Å². The van der Waals surface area contributed by atoms with E-state index >= 15 is 0 Å². The van der Waals surface area contributed by atoms with Crippen LogP contribution in [0.15, 0.2) is 75.9 Å². The van der Waals surface area contributed by atoms with Crippen LogP contribution in [0, 0.1) is 0 Å². The molecule has 0 saturated carbocycles. The summed E-state index contributed by atoms with van der Waals surface area (Å²) in [7, 11) is -1.27. The summed E-state index contributed by atoms with van der Waals surface area (Å²) in [6.07, 6.45) is 2.36. The number of aromatic nitrogens is 2. The van der Waals surface area contributed by atoms with Gasteiger partial charge in [0.2, 0.25) is 0 Å². The Morgan fingerprint density at radius 3 is 2.61 bits per heavy atom. The minimum Gasteiger partial charge on any atom is -0.356 e. The van der Waals surface area contributed by atoms with Crippen LogP contribution in [-0.4, -0.2) is 19.1 Å². The summed E-state index contributed by atoms with van der Waals surface area (Å²) in [6.45, 7) is 5.88. The van der Waals surface area contributed by atoms with Gasteiger partial charge in [0.25, 0.3) is 0 Å². The first kappa shape index (κ1) is 21.9. The van der Waals surface area contributed by atoms with E-state index in [1.165, 1.54) is 0 Å². The van der Waals surface area contributed by atoms with E-state index in [1.807, 2.05) is 75.4 Å². The number of nitrogens with one attached hydrogen (secondary N) is 1. The van der Waals surface area contributed by atoms with Gasteiger partial charge in [0.1, 0.15) is 5.69 Å². The van der Waals surface area contributed by atoms with Gasteiger partial charge in [0.15, 0.2) is 5.58 Å². The van der Waals surface area contributed by atoms with Gasteiger partial charge in [-0.25, -0.2) is 8.93 Å². The molecule has 0 unspecified atom stereocenters. The minimum atomic E-state index is -1.27. The number of hydrogen-bond donors (Lipinski definition) is 1. The van der Waals surface area contributed by atoms with Crippen molar-refractivity contribution in [2.75, 3.05) is 0 Å². The maximum Gasteiger partial charge on any atom is 0.167 e. The molecule has 0 aliphatic rings. The van der Waals surface area contributed by atoms with Crippen molar-refractivity contribution in [3.8, 4) is 11.3 Å². The number of rotatable bonds is 6. The predicted molar refractivity (Wildman–Crippen MR) is 129 cm³/mol. The SMILES string of the molecule is CC(C)(C)[S@](=O)N[C@@H](Cc1ccccn1)c1cc(Br)ccc1-c1noc2ccccc12. The second-order valence-electron chi connectivity index (χ2n) is 8.34. The zero-order valence-corrected chi connectivity index (χ0v) is 20.0. The smallest absolute Gasteiger partial charge is 0.167 e. The molecule has 0 spiro atoms. The number of pyridine rings is 1. The van der Waals surface area contributed by atoms with E-state index in [2.05, 4.69) is 36.9 Å². The Bertz CT molecular complexity index is 1220. The normalized spacial score (nSPS) is 13.9. The Kier molecular flexibility index (Phi) is 6.36. The molecule has 0 amide bonds. The highest BCUT2D eigenvalue weighted by molar-refractivity contribution is 9.10. The van der Waals surface area contributed by atoms with Crippen LogP contribution in [0.4, 0.5) is 0 Å². The van der Waals surface area contributed by atoms with Gasteiger partial charge in [-0.05, 0) is 62.7 Å². The number of hydrogen-bond acceptors (Lipinski definition) is 4. The first-order valence-corrected chi connectivity index (χ1v) is 12.0. The van der Waals surface area contributed by atoms with Gasteiger partial charge in [-0.3, -0.25) is 4.98 Å². The van der Waals surface area contributed by atoms with Crippen molar-refractivity contribution in [2.45, 2.75) is 38.0 Å². The average Bonchev–Trinajstić information content (AvgIpc) is 3.17. The van der Waals surface area contributed by atoms with Crippen LogP contribution in [-0.2, 0) is 17.4 Å². The molecular formula is C24H24BrN3O2S. The van der Waals surface area contributed by atoms with Gasteiger partial charge in [-0.2, -0.15) is 0 Å². The molecule has 4 aromatic rings. The molecule has 160 valence electrons. The van der Waals surface area contributed by atoms with E-state index in [4.69, 9.17) is 4.52 Å². The molecule has 2 aromatic carbocycles. The summed E-state index contributed by atoms with van der Waals surface area (Å²) in [5.74, 6) is 0. The number of para-hydroxylation sites is 1. The molecule has 0 radical (unpaired) electrons. The maximum atomic E-state index is 13.1. The molecule has 4 rings (SSSR count). The molecule has 2 aromatic heterocycles. The molecule has 0 aliphatic heterocycles. The fourth-order valence-electron chi connectivity index (χ4n) is 3.37. The number of benzene rings is 2. The van der Waals surface area contributed by atoms with Crippen molar-refractivity contribution in [3.05, 3.63) is 82.6 Å². The summed E-state index contributed by atoms with van der Waals surface area (Å²) < 4.78 is 22.5. The Hall–Kier alpha value is -2.35. The topological polar surface area (TPSA) is 68.0 Å². The van der Waals surface area contributed by atoms with Crippen LogP contribution < -0.4 is 4.72 Å². The van der Waals surface area contributed by atoms with Crippen molar-refractivity contribution in [1.29, 1.82) is 0 Å². The third-order valence-corrected chi connectivity index (χ3v) is 7.07. The molecule has 7 heteroatoms. The zero-order valence-electron chi connectivity index (χ0n) is 17.6. The monoisotopic (exact) mass is 497 g/mol. The van der Waals surface area contributed by atoms with E-state index in [0.717, 1.165) is 38.0 Å². The first-order valence-electron chi connectivity index (χ1n) is 10.0. The van der Waals surface area contributed by atoms with Gasteiger partial charge in [-0.1, -0.05) is 45.4 Å². The second kappa shape index (κ2) is 9.02. The van der Waals surface area contributed by atoms with Crippen LogP contribution >= 0.6 is 15.9 Å². The molecule has 5 nitrogen and oxygen atoms in total. The highest BCUT2D eigenvalue weighted by Crippen LogP contribution is 2.36. The van der Waals surface area contributed by atoms with Crippen LogP contribution in [0.2, 0.25) is 0 Å². The third-order valence-electron chi connectivity index (χ3n) is 4.97. The quantitative estimate of drug-likeness (QED) is 0.355. The summed E-state index contributed by atoms with van der Waals surface area (Å²) in [6, 6.07) is 19.5. The van der Waals surface area contributed by atoms with Crippen molar-refractivity contribution < 1.29 is 8.73 Å². The zero-order chi connectivity index (χ0) is 22.0. The van der Waals surface area contributed by atoms with E-state index < -0.39 is 15.7 Å². The lowest BCUT2D eigenvalue weighted by molar-refractivity contribution is 0.459. The molecule has 2 atom stereocenters. The molecule has 2 heterocycles. The second-order valence-corrected chi connectivity index (χ2v) is 11.2. The van der Waals surface area contributed by atoms with Gasteiger partial charge < -0.3 is 4.52 Å². The van der Waals surface area contributed by atoms with Crippen molar-refractivity contribution >= 4 is 37.9 Å². The molecule has 0 aliphatic carbocycles.